The van der Waals surface area contributed by atoms with E-state index < -0.39 is 12.0 Å². The molecule has 4 heterocycles. The first-order valence-corrected chi connectivity index (χ1v) is 14.9. The number of ether oxygens (including phenoxy) is 3. The molecular formula is C30H31F3N4O3S. The quantitative estimate of drug-likeness (QED) is 0.128. The second-order valence-electron chi connectivity index (χ2n) is 10.6. The molecule has 0 saturated carbocycles. The number of methoxy groups -OCH3 is 1. The fourth-order valence-electron chi connectivity index (χ4n) is 6.30. The van der Waals surface area contributed by atoms with Crippen LogP contribution in [0, 0.1) is 11.6 Å². The Morgan fingerprint density at radius 2 is 2.02 bits per heavy atom. The highest BCUT2D eigenvalue weighted by Gasteiger charge is 2.49. The van der Waals surface area contributed by atoms with Gasteiger partial charge in [-0.3, -0.25) is 9.88 Å². The molecule has 2 aliphatic heterocycles. The molecule has 2 atom stereocenters. The van der Waals surface area contributed by atoms with Crippen molar-refractivity contribution in [3.05, 3.63) is 47.7 Å². The second kappa shape index (κ2) is 11.3. The second-order valence-corrected chi connectivity index (χ2v) is 11.4. The lowest BCUT2D eigenvalue weighted by molar-refractivity contribution is 0.0512. The molecule has 6 rings (SSSR count). The molecule has 0 spiro atoms. The van der Waals surface area contributed by atoms with Crippen LogP contribution in [-0.2, 0) is 11.2 Å². The van der Waals surface area contributed by atoms with E-state index in [2.05, 4.69) is 19.9 Å². The van der Waals surface area contributed by atoms with Crippen molar-refractivity contribution in [2.45, 2.75) is 49.3 Å². The number of alkyl halides is 1. The topological polar surface area (TPSA) is 69.6 Å². The molecule has 2 fully saturated rings. The van der Waals surface area contributed by atoms with Crippen LogP contribution in [0.2, 0.25) is 0 Å². The highest BCUT2D eigenvalue weighted by molar-refractivity contribution is 7.98. The zero-order valence-electron chi connectivity index (χ0n) is 23.2. The third kappa shape index (κ3) is 4.97. The van der Waals surface area contributed by atoms with Crippen LogP contribution < -0.4 is 9.47 Å². The number of rotatable bonds is 9. The number of fused-ring (bicyclic) bond motifs is 3. The Labute approximate surface area is 240 Å². The predicted molar refractivity (Wildman–Crippen MR) is 152 cm³/mol. The van der Waals surface area contributed by atoms with Crippen LogP contribution in [0.3, 0.4) is 0 Å². The summed E-state index contributed by atoms with van der Waals surface area (Å²) >= 11 is 1.33. The maximum absolute atomic E-state index is 16.5. The van der Waals surface area contributed by atoms with Crippen molar-refractivity contribution < 1.29 is 27.4 Å². The van der Waals surface area contributed by atoms with E-state index in [1.807, 2.05) is 13.2 Å². The summed E-state index contributed by atoms with van der Waals surface area (Å²) in [6.07, 6.45) is 5.10. The number of hydrogen-bond acceptors (Lipinski definition) is 8. The maximum atomic E-state index is 16.5. The van der Waals surface area contributed by atoms with Gasteiger partial charge in [0.1, 0.15) is 40.6 Å². The number of hydrogen-bond donors (Lipinski definition) is 0. The molecule has 2 aromatic carbocycles. The zero-order chi connectivity index (χ0) is 28.7. The number of pyridine rings is 1. The first-order chi connectivity index (χ1) is 19.9. The summed E-state index contributed by atoms with van der Waals surface area (Å²) in [5.74, 6) is -0.616. The van der Waals surface area contributed by atoms with Gasteiger partial charge in [-0.25, -0.2) is 13.2 Å². The smallest absolute Gasteiger partial charge is 0.318 e. The molecule has 2 aliphatic rings. The molecule has 0 bridgehead atoms. The van der Waals surface area contributed by atoms with E-state index >= 15 is 4.39 Å². The average molecular weight is 585 g/mol. The van der Waals surface area contributed by atoms with Gasteiger partial charge in [-0.15, -0.1) is 11.8 Å². The van der Waals surface area contributed by atoms with E-state index in [0.29, 0.717) is 57.4 Å². The molecule has 0 unspecified atom stereocenters. The number of nitrogens with zero attached hydrogens (tertiary/aromatic N) is 4. The van der Waals surface area contributed by atoms with E-state index in [1.54, 1.807) is 18.2 Å². The van der Waals surface area contributed by atoms with Crippen molar-refractivity contribution in [2.75, 3.05) is 39.9 Å². The van der Waals surface area contributed by atoms with Gasteiger partial charge in [0, 0.05) is 31.8 Å². The standard InChI is InChI=1S/C30H31F3N4O3S/c1-4-20-23(32)7-6-17-10-19(40-16-38-2)11-21(24(17)20)26-25(33)27-22(13-34-26)28(41-3)36-29(35-27)39-15-30-8-5-9-37(30)14-18(31)12-30/h6-7,10-11,13,18H,4-5,8-9,12,14-16H2,1-3H3/t18-,30+/m1/s1. The number of halogens is 3. The Morgan fingerprint density at radius 1 is 1.17 bits per heavy atom. The summed E-state index contributed by atoms with van der Waals surface area (Å²) in [6, 6.07) is 6.49. The number of thioether (sulfide) groups is 1. The maximum Gasteiger partial charge on any atom is 0.318 e. The fourth-order valence-corrected chi connectivity index (χ4v) is 6.84. The number of benzene rings is 2. The lowest BCUT2D eigenvalue weighted by Crippen LogP contribution is -2.43. The van der Waals surface area contributed by atoms with Gasteiger partial charge in [-0.2, -0.15) is 9.97 Å². The summed E-state index contributed by atoms with van der Waals surface area (Å²) in [5, 5.41) is 2.20. The predicted octanol–water partition coefficient (Wildman–Crippen LogP) is 6.35. The lowest BCUT2D eigenvalue weighted by atomic mass is 9.94. The summed E-state index contributed by atoms with van der Waals surface area (Å²) < 4.78 is 62.5. The summed E-state index contributed by atoms with van der Waals surface area (Å²) in [4.78, 5) is 15.6. The van der Waals surface area contributed by atoms with Crippen molar-refractivity contribution in [1.82, 2.24) is 19.9 Å². The highest BCUT2D eigenvalue weighted by atomic mass is 32.2. The Morgan fingerprint density at radius 3 is 2.80 bits per heavy atom. The van der Waals surface area contributed by atoms with Crippen molar-refractivity contribution in [1.29, 1.82) is 0 Å². The molecule has 0 aliphatic carbocycles. The van der Waals surface area contributed by atoms with E-state index in [0.717, 1.165) is 19.4 Å². The van der Waals surface area contributed by atoms with Crippen LogP contribution in [0.5, 0.6) is 11.8 Å². The summed E-state index contributed by atoms with van der Waals surface area (Å²) in [5.41, 5.74) is 0.513. The van der Waals surface area contributed by atoms with Gasteiger partial charge in [-0.05, 0) is 66.6 Å². The first-order valence-electron chi connectivity index (χ1n) is 13.7. The lowest BCUT2D eigenvalue weighted by Gasteiger charge is -2.30. The van der Waals surface area contributed by atoms with Gasteiger partial charge in [0.15, 0.2) is 12.6 Å². The molecule has 7 nitrogen and oxygen atoms in total. The van der Waals surface area contributed by atoms with Crippen LogP contribution in [0.1, 0.15) is 31.7 Å². The molecule has 41 heavy (non-hydrogen) atoms. The van der Waals surface area contributed by atoms with Crippen molar-refractivity contribution in [3.63, 3.8) is 0 Å². The van der Waals surface area contributed by atoms with Crippen LogP contribution in [0.25, 0.3) is 32.9 Å². The van der Waals surface area contributed by atoms with Crippen LogP contribution in [-0.4, -0.2) is 71.4 Å². The largest absolute Gasteiger partial charge is 0.468 e. The molecule has 0 amide bonds. The normalized spacial score (nSPS) is 20.7. The Balaban J connectivity index is 1.47. The van der Waals surface area contributed by atoms with Gasteiger partial charge >= 0.3 is 6.01 Å². The first kappa shape index (κ1) is 28.0. The van der Waals surface area contributed by atoms with Crippen LogP contribution >= 0.6 is 11.8 Å². The molecule has 216 valence electrons. The Hall–Kier alpha value is -3.15. The molecule has 4 aromatic rings. The van der Waals surface area contributed by atoms with Gasteiger partial charge in [-0.1, -0.05) is 13.0 Å². The average Bonchev–Trinajstić information content (AvgIpc) is 3.50. The Kier molecular flexibility index (Phi) is 7.69. The third-order valence-corrected chi connectivity index (χ3v) is 8.84. The molecule has 2 saturated heterocycles. The SMILES string of the molecule is CCc1c(F)ccc2cc(OCOC)cc(-c3ncc4c(SC)nc(OC[C@@]56CCCN5C[C@H](F)C6)nc4c3F)c12. The van der Waals surface area contributed by atoms with E-state index in [9.17, 15) is 8.78 Å². The summed E-state index contributed by atoms with van der Waals surface area (Å²) in [6.45, 7) is 3.32. The van der Waals surface area contributed by atoms with Crippen molar-refractivity contribution in [2.24, 2.45) is 0 Å². The molecule has 11 heteroatoms. The van der Waals surface area contributed by atoms with Crippen molar-refractivity contribution in [3.8, 4) is 23.0 Å². The highest BCUT2D eigenvalue weighted by Crippen LogP contribution is 2.41. The summed E-state index contributed by atoms with van der Waals surface area (Å²) in [7, 11) is 1.51. The Bertz CT molecular complexity index is 1620. The number of aromatic nitrogens is 3. The van der Waals surface area contributed by atoms with Gasteiger partial charge in [0.2, 0.25) is 0 Å². The van der Waals surface area contributed by atoms with Gasteiger partial charge in [0.05, 0.1) is 10.9 Å². The minimum atomic E-state index is -0.888. The zero-order valence-corrected chi connectivity index (χ0v) is 24.0. The van der Waals surface area contributed by atoms with E-state index in [-0.39, 0.29) is 42.0 Å². The molecule has 2 aromatic heterocycles. The molecule has 0 radical (unpaired) electrons. The third-order valence-electron chi connectivity index (χ3n) is 8.15. The molecule has 0 N–H and O–H groups in total. The van der Waals surface area contributed by atoms with E-state index in [1.165, 1.54) is 31.1 Å². The van der Waals surface area contributed by atoms with Crippen LogP contribution in [0.15, 0.2) is 35.5 Å². The number of aryl methyl sites for hydroxylation is 1. The molecular weight excluding hydrogens is 553 g/mol. The van der Waals surface area contributed by atoms with Gasteiger partial charge in [0.25, 0.3) is 0 Å². The minimum Gasteiger partial charge on any atom is -0.468 e. The fraction of sp³-hybridized carbons (Fsp3) is 0.433. The van der Waals surface area contributed by atoms with Crippen LogP contribution in [0.4, 0.5) is 13.2 Å². The minimum absolute atomic E-state index is 0.00646. The van der Waals surface area contributed by atoms with Crippen molar-refractivity contribution >= 4 is 33.4 Å². The van der Waals surface area contributed by atoms with E-state index in [4.69, 9.17) is 14.2 Å². The van der Waals surface area contributed by atoms with Gasteiger partial charge < -0.3 is 14.2 Å². The monoisotopic (exact) mass is 584 g/mol.